The Hall–Kier alpha value is -1.21. The van der Waals surface area contributed by atoms with Crippen LogP contribution < -0.4 is 5.32 Å². The summed E-state index contributed by atoms with van der Waals surface area (Å²) in [6.45, 7) is 3.70. The molecule has 1 aromatic carbocycles. The molecule has 26 heavy (non-hydrogen) atoms. The summed E-state index contributed by atoms with van der Waals surface area (Å²) in [6, 6.07) is 5.55. The molecule has 2 saturated heterocycles. The summed E-state index contributed by atoms with van der Waals surface area (Å²) >= 11 is 7.52. The van der Waals surface area contributed by atoms with Crippen LogP contribution in [0.5, 0.6) is 0 Å². The molecule has 2 aromatic rings. The van der Waals surface area contributed by atoms with Crippen molar-refractivity contribution in [1.82, 2.24) is 9.88 Å². The van der Waals surface area contributed by atoms with Crippen molar-refractivity contribution in [2.24, 2.45) is 5.92 Å². The van der Waals surface area contributed by atoms with Gasteiger partial charge in [-0.3, -0.25) is 9.69 Å². The number of aromatic nitrogens is 1. The molecule has 7 heteroatoms. The number of carbonyl (C=O) groups excluding carboxylic acids is 1. The van der Waals surface area contributed by atoms with E-state index in [1.165, 1.54) is 17.8 Å². The van der Waals surface area contributed by atoms with Gasteiger partial charge in [0.2, 0.25) is 5.91 Å². The Morgan fingerprint density at radius 1 is 1.31 bits per heavy atom. The van der Waals surface area contributed by atoms with Gasteiger partial charge in [0.25, 0.3) is 0 Å². The monoisotopic (exact) mass is 393 g/mol. The third-order valence-electron chi connectivity index (χ3n) is 5.33. The van der Waals surface area contributed by atoms with Crippen LogP contribution in [0.15, 0.2) is 18.2 Å². The van der Waals surface area contributed by atoms with Crippen molar-refractivity contribution in [3.05, 3.63) is 23.2 Å². The van der Waals surface area contributed by atoms with Crippen molar-refractivity contribution in [3.8, 4) is 0 Å². The summed E-state index contributed by atoms with van der Waals surface area (Å²) in [5.41, 5.74) is 0.873. The van der Waals surface area contributed by atoms with Crippen molar-refractivity contribution >= 4 is 44.2 Å². The number of thiazole rings is 1. The smallest absolute Gasteiger partial charge is 0.243 e. The number of amides is 1. The van der Waals surface area contributed by atoms with Gasteiger partial charge in [-0.1, -0.05) is 29.4 Å². The zero-order chi connectivity index (χ0) is 17.9. The highest BCUT2D eigenvalue weighted by Gasteiger charge is 2.31. The number of fused-ring (bicyclic) bond motifs is 1. The van der Waals surface area contributed by atoms with E-state index in [0.717, 1.165) is 62.2 Å². The fraction of sp³-hybridized carbons (Fsp3) is 0.579. The number of halogens is 1. The molecule has 0 spiro atoms. The molecule has 1 amide bonds. The minimum atomic E-state index is -0.0535. The lowest BCUT2D eigenvalue weighted by Crippen LogP contribution is -2.49. The molecule has 1 N–H and O–H groups in total. The Balaban J connectivity index is 1.43. The predicted molar refractivity (Wildman–Crippen MR) is 106 cm³/mol. The van der Waals surface area contributed by atoms with Gasteiger partial charge in [-0.05, 0) is 56.3 Å². The highest BCUT2D eigenvalue weighted by Crippen LogP contribution is 2.29. The first-order valence-electron chi connectivity index (χ1n) is 9.38. The van der Waals surface area contributed by atoms with Crippen molar-refractivity contribution in [1.29, 1.82) is 0 Å². The van der Waals surface area contributed by atoms with E-state index in [1.807, 2.05) is 18.2 Å². The number of nitrogens with one attached hydrogen (secondary N) is 1. The predicted octanol–water partition coefficient (Wildman–Crippen LogP) is 4.17. The van der Waals surface area contributed by atoms with Crippen LogP contribution >= 0.6 is 22.9 Å². The van der Waals surface area contributed by atoms with E-state index < -0.39 is 0 Å². The van der Waals surface area contributed by atoms with Crippen molar-refractivity contribution in [2.45, 2.75) is 38.1 Å². The highest BCUT2D eigenvalue weighted by molar-refractivity contribution is 7.22. The number of anilines is 1. The number of piperidine rings is 1. The van der Waals surface area contributed by atoms with Gasteiger partial charge in [-0.15, -0.1) is 0 Å². The SMILES string of the molecule is O=C(Nc1nc2ccc(Cl)cc2s1)[C@@H]1CCCCN1CC1CCOCC1. The summed E-state index contributed by atoms with van der Waals surface area (Å²) in [7, 11) is 0. The minimum absolute atomic E-state index is 0.0535. The molecule has 2 aliphatic rings. The third-order valence-corrected chi connectivity index (χ3v) is 6.50. The second-order valence-electron chi connectivity index (χ2n) is 7.18. The van der Waals surface area contributed by atoms with Crippen LogP contribution in [0, 0.1) is 5.92 Å². The lowest BCUT2D eigenvalue weighted by Gasteiger charge is -2.37. The topological polar surface area (TPSA) is 54.5 Å². The van der Waals surface area contributed by atoms with E-state index in [4.69, 9.17) is 16.3 Å². The molecule has 0 bridgehead atoms. The number of benzene rings is 1. The molecule has 2 aliphatic heterocycles. The Bertz CT molecular complexity index is 775. The molecule has 5 nitrogen and oxygen atoms in total. The van der Waals surface area contributed by atoms with Gasteiger partial charge < -0.3 is 10.1 Å². The van der Waals surface area contributed by atoms with E-state index in [2.05, 4.69) is 15.2 Å². The number of rotatable bonds is 4. The zero-order valence-electron chi connectivity index (χ0n) is 14.7. The molecule has 140 valence electrons. The Kier molecular flexibility index (Phi) is 5.74. The number of hydrogen-bond acceptors (Lipinski definition) is 5. The van der Waals surface area contributed by atoms with E-state index in [-0.39, 0.29) is 11.9 Å². The van der Waals surface area contributed by atoms with Gasteiger partial charge in [0.1, 0.15) is 0 Å². The van der Waals surface area contributed by atoms with Crippen LogP contribution in [0.2, 0.25) is 5.02 Å². The fourth-order valence-electron chi connectivity index (χ4n) is 3.91. The Morgan fingerprint density at radius 2 is 2.15 bits per heavy atom. The van der Waals surface area contributed by atoms with Crippen LogP contribution in [-0.4, -0.2) is 48.1 Å². The molecule has 2 fully saturated rings. The molecule has 4 rings (SSSR count). The third kappa shape index (κ3) is 4.19. The van der Waals surface area contributed by atoms with Crippen molar-refractivity contribution < 1.29 is 9.53 Å². The first kappa shape index (κ1) is 18.2. The zero-order valence-corrected chi connectivity index (χ0v) is 16.3. The lowest BCUT2D eigenvalue weighted by molar-refractivity contribution is -0.122. The number of carbonyl (C=O) groups is 1. The summed E-state index contributed by atoms with van der Waals surface area (Å²) in [4.78, 5) is 19.8. The standard InChI is InChI=1S/C19H24ClN3O2S/c20-14-4-5-15-17(11-14)26-19(21-15)22-18(24)16-3-1-2-8-23(16)12-13-6-9-25-10-7-13/h4-5,11,13,16H,1-3,6-10,12H2,(H,21,22,24)/t16-/m0/s1. The van der Waals surface area contributed by atoms with Crippen LogP contribution in [0.25, 0.3) is 10.2 Å². The largest absolute Gasteiger partial charge is 0.381 e. The molecule has 3 heterocycles. The molecular weight excluding hydrogens is 370 g/mol. The molecular formula is C19H24ClN3O2S. The fourth-order valence-corrected chi connectivity index (χ4v) is 5.05. The molecule has 0 saturated carbocycles. The maximum absolute atomic E-state index is 12.9. The maximum Gasteiger partial charge on any atom is 0.243 e. The first-order valence-corrected chi connectivity index (χ1v) is 10.6. The van der Waals surface area contributed by atoms with Crippen LogP contribution in [0.3, 0.4) is 0 Å². The molecule has 1 atom stereocenters. The summed E-state index contributed by atoms with van der Waals surface area (Å²) in [5, 5.41) is 4.39. The Morgan fingerprint density at radius 3 is 3.00 bits per heavy atom. The summed E-state index contributed by atoms with van der Waals surface area (Å²) in [6.07, 6.45) is 5.41. The van der Waals surface area contributed by atoms with Crippen molar-refractivity contribution in [2.75, 3.05) is 31.6 Å². The maximum atomic E-state index is 12.9. The van der Waals surface area contributed by atoms with Crippen LogP contribution in [0.1, 0.15) is 32.1 Å². The molecule has 0 aliphatic carbocycles. The van der Waals surface area contributed by atoms with E-state index >= 15 is 0 Å². The second-order valence-corrected chi connectivity index (χ2v) is 8.65. The quantitative estimate of drug-likeness (QED) is 0.846. The first-order chi connectivity index (χ1) is 12.7. The van der Waals surface area contributed by atoms with Gasteiger partial charge in [-0.25, -0.2) is 4.98 Å². The van der Waals surface area contributed by atoms with E-state index in [0.29, 0.717) is 16.1 Å². The highest BCUT2D eigenvalue weighted by atomic mass is 35.5. The lowest BCUT2D eigenvalue weighted by atomic mass is 9.95. The molecule has 1 aromatic heterocycles. The summed E-state index contributed by atoms with van der Waals surface area (Å²) < 4.78 is 6.46. The van der Waals surface area contributed by atoms with Gasteiger partial charge in [0, 0.05) is 24.8 Å². The average Bonchev–Trinajstić information content (AvgIpc) is 3.04. The normalized spacial score (nSPS) is 22.6. The molecule has 0 radical (unpaired) electrons. The van der Waals surface area contributed by atoms with Gasteiger partial charge in [-0.2, -0.15) is 0 Å². The van der Waals surface area contributed by atoms with Gasteiger partial charge >= 0.3 is 0 Å². The molecule has 0 unspecified atom stereocenters. The second kappa shape index (κ2) is 8.21. The van der Waals surface area contributed by atoms with Gasteiger partial charge in [0.05, 0.1) is 16.3 Å². The number of nitrogens with zero attached hydrogens (tertiary/aromatic N) is 2. The van der Waals surface area contributed by atoms with E-state index in [1.54, 1.807) is 0 Å². The minimum Gasteiger partial charge on any atom is -0.381 e. The number of likely N-dealkylation sites (tertiary alicyclic amines) is 1. The van der Waals surface area contributed by atoms with Crippen molar-refractivity contribution in [3.63, 3.8) is 0 Å². The average molecular weight is 394 g/mol. The number of hydrogen-bond donors (Lipinski definition) is 1. The Labute approximate surface area is 162 Å². The van der Waals surface area contributed by atoms with E-state index in [9.17, 15) is 4.79 Å². The van der Waals surface area contributed by atoms with Gasteiger partial charge in [0.15, 0.2) is 5.13 Å². The van der Waals surface area contributed by atoms with Crippen LogP contribution in [0.4, 0.5) is 5.13 Å². The number of ether oxygens (including phenoxy) is 1. The van der Waals surface area contributed by atoms with Crippen LogP contribution in [-0.2, 0) is 9.53 Å². The summed E-state index contributed by atoms with van der Waals surface area (Å²) in [5.74, 6) is 0.712.